The molecule has 0 aliphatic heterocycles. The monoisotopic (exact) mass is 279 g/mol. The lowest BCUT2D eigenvalue weighted by molar-refractivity contribution is 0.221. The van der Waals surface area contributed by atoms with E-state index in [1.165, 1.54) is 0 Å². The van der Waals surface area contributed by atoms with Crippen LogP contribution in [0.25, 0.3) is 0 Å². The highest BCUT2D eigenvalue weighted by molar-refractivity contribution is 5.32. The van der Waals surface area contributed by atoms with E-state index in [4.69, 9.17) is 4.74 Å². The van der Waals surface area contributed by atoms with Crippen molar-refractivity contribution >= 4 is 0 Å². The van der Waals surface area contributed by atoms with Crippen LogP contribution in [0.3, 0.4) is 0 Å². The summed E-state index contributed by atoms with van der Waals surface area (Å²) in [5.74, 6) is 0.956. The predicted octanol–water partition coefficient (Wildman–Crippen LogP) is 2.61. The zero-order valence-electron chi connectivity index (χ0n) is 13.6. The van der Waals surface area contributed by atoms with Crippen molar-refractivity contribution in [3.05, 3.63) is 23.5 Å². The van der Waals surface area contributed by atoms with Gasteiger partial charge in [-0.3, -0.25) is 4.98 Å². The number of likely N-dealkylation sites (N-methyl/N-ethyl adjacent to an activating group) is 1. The standard InChI is InChI=1S/C16H29N3O/c1-6-19(7-2)8-9-20-16-10-14(5)18-12-15(16)11-17-13(3)4/h10,12-13,17H,6-9,11H2,1-5H3. The molecule has 0 bridgehead atoms. The molecule has 0 atom stereocenters. The van der Waals surface area contributed by atoms with Crippen LogP contribution in [0.15, 0.2) is 12.3 Å². The number of rotatable bonds is 9. The van der Waals surface area contributed by atoms with E-state index in [2.05, 4.69) is 42.9 Å². The van der Waals surface area contributed by atoms with Gasteiger partial charge < -0.3 is 15.0 Å². The minimum absolute atomic E-state index is 0.458. The van der Waals surface area contributed by atoms with Crippen molar-refractivity contribution in [1.29, 1.82) is 0 Å². The molecule has 1 aromatic rings. The predicted molar refractivity (Wildman–Crippen MR) is 84.2 cm³/mol. The summed E-state index contributed by atoms with van der Waals surface area (Å²) in [5, 5.41) is 3.41. The van der Waals surface area contributed by atoms with Gasteiger partial charge in [0.25, 0.3) is 0 Å². The highest BCUT2D eigenvalue weighted by atomic mass is 16.5. The second kappa shape index (κ2) is 8.93. The number of ether oxygens (including phenoxy) is 1. The summed E-state index contributed by atoms with van der Waals surface area (Å²) in [4.78, 5) is 6.72. The van der Waals surface area contributed by atoms with Crippen LogP contribution in [0, 0.1) is 6.92 Å². The first-order valence-corrected chi connectivity index (χ1v) is 7.60. The van der Waals surface area contributed by atoms with Crippen molar-refractivity contribution < 1.29 is 4.74 Å². The van der Waals surface area contributed by atoms with Gasteiger partial charge in [-0.05, 0) is 20.0 Å². The molecule has 0 saturated carbocycles. The van der Waals surface area contributed by atoms with Gasteiger partial charge in [-0.25, -0.2) is 0 Å². The van der Waals surface area contributed by atoms with Crippen LogP contribution in [0.4, 0.5) is 0 Å². The van der Waals surface area contributed by atoms with Gasteiger partial charge in [0.15, 0.2) is 0 Å². The minimum Gasteiger partial charge on any atom is -0.492 e. The zero-order valence-corrected chi connectivity index (χ0v) is 13.6. The van der Waals surface area contributed by atoms with Crippen molar-refractivity contribution in [3.8, 4) is 5.75 Å². The Morgan fingerprint density at radius 1 is 1.30 bits per heavy atom. The molecule has 1 N–H and O–H groups in total. The molecule has 0 aliphatic rings. The minimum atomic E-state index is 0.458. The van der Waals surface area contributed by atoms with E-state index in [1.807, 2.05) is 19.2 Å². The lowest BCUT2D eigenvalue weighted by Crippen LogP contribution is -2.28. The van der Waals surface area contributed by atoms with Crippen LogP contribution in [0.1, 0.15) is 39.0 Å². The van der Waals surface area contributed by atoms with Gasteiger partial charge in [0.1, 0.15) is 12.4 Å². The molecule has 0 saturated heterocycles. The summed E-state index contributed by atoms with van der Waals surface area (Å²) in [6.07, 6.45) is 1.91. The van der Waals surface area contributed by atoms with Gasteiger partial charge in [-0.15, -0.1) is 0 Å². The van der Waals surface area contributed by atoms with E-state index in [-0.39, 0.29) is 0 Å². The Labute approximate surface area is 123 Å². The zero-order chi connectivity index (χ0) is 15.0. The van der Waals surface area contributed by atoms with Crippen molar-refractivity contribution in [3.63, 3.8) is 0 Å². The average Bonchev–Trinajstić information content (AvgIpc) is 2.42. The van der Waals surface area contributed by atoms with Gasteiger partial charge >= 0.3 is 0 Å². The van der Waals surface area contributed by atoms with E-state index in [0.717, 1.165) is 49.8 Å². The third-order valence-electron chi connectivity index (χ3n) is 3.34. The van der Waals surface area contributed by atoms with Crippen LogP contribution < -0.4 is 10.1 Å². The molecule has 20 heavy (non-hydrogen) atoms. The summed E-state index contributed by atoms with van der Waals surface area (Å²) in [6.45, 7) is 15.3. The third-order valence-corrected chi connectivity index (χ3v) is 3.34. The lowest BCUT2D eigenvalue weighted by Gasteiger charge is -2.19. The molecular weight excluding hydrogens is 250 g/mol. The number of hydrogen-bond donors (Lipinski definition) is 1. The summed E-state index contributed by atoms with van der Waals surface area (Å²) in [6, 6.07) is 2.49. The molecule has 0 fully saturated rings. The molecule has 0 unspecified atom stereocenters. The van der Waals surface area contributed by atoms with Crippen LogP contribution in [0.5, 0.6) is 5.75 Å². The van der Waals surface area contributed by atoms with Gasteiger partial charge in [0.2, 0.25) is 0 Å². The lowest BCUT2D eigenvalue weighted by atomic mass is 10.2. The fourth-order valence-corrected chi connectivity index (χ4v) is 1.97. The second-order valence-corrected chi connectivity index (χ2v) is 5.34. The number of pyridine rings is 1. The number of aryl methyl sites for hydroxylation is 1. The van der Waals surface area contributed by atoms with Crippen molar-refractivity contribution in [2.24, 2.45) is 0 Å². The quantitative estimate of drug-likeness (QED) is 0.754. The molecule has 0 aliphatic carbocycles. The highest BCUT2D eigenvalue weighted by Crippen LogP contribution is 2.18. The van der Waals surface area contributed by atoms with Crippen molar-refractivity contribution in [2.75, 3.05) is 26.2 Å². The molecule has 1 rings (SSSR count). The fourth-order valence-electron chi connectivity index (χ4n) is 1.97. The molecule has 1 aromatic heterocycles. The van der Waals surface area contributed by atoms with Crippen LogP contribution in [-0.2, 0) is 6.54 Å². The van der Waals surface area contributed by atoms with E-state index in [1.54, 1.807) is 0 Å². The third kappa shape index (κ3) is 5.88. The Hall–Kier alpha value is -1.13. The maximum Gasteiger partial charge on any atom is 0.127 e. The summed E-state index contributed by atoms with van der Waals surface area (Å²) < 4.78 is 5.96. The Bertz CT molecular complexity index is 389. The van der Waals surface area contributed by atoms with Crippen molar-refractivity contribution in [2.45, 2.75) is 47.2 Å². The normalized spacial score (nSPS) is 11.3. The largest absolute Gasteiger partial charge is 0.492 e. The smallest absolute Gasteiger partial charge is 0.127 e. The topological polar surface area (TPSA) is 37.4 Å². The molecule has 4 heteroatoms. The SMILES string of the molecule is CCN(CC)CCOc1cc(C)ncc1CNC(C)C. The molecule has 1 heterocycles. The highest BCUT2D eigenvalue weighted by Gasteiger charge is 2.07. The van der Waals surface area contributed by atoms with E-state index >= 15 is 0 Å². The van der Waals surface area contributed by atoms with Crippen LogP contribution >= 0.6 is 0 Å². The Morgan fingerprint density at radius 2 is 2.00 bits per heavy atom. The van der Waals surface area contributed by atoms with E-state index < -0.39 is 0 Å². The first-order chi connectivity index (χ1) is 9.56. The fraction of sp³-hybridized carbons (Fsp3) is 0.688. The summed E-state index contributed by atoms with van der Waals surface area (Å²) in [7, 11) is 0. The number of aromatic nitrogens is 1. The van der Waals surface area contributed by atoms with Crippen molar-refractivity contribution in [1.82, 2.24) is 15.2 Å². The Kier molecular flexibility index (Phi) is 7.55. The Balaban J connectivity index is 2.59. The molecule has 0 aromatic carbocycles. The molecule has 0 amide bonds. The first-order valence-electron chi connectivity index (χ1n) is 7.60. The number of nitrogens with one attached hydrogen (secondary N) is 1. The van der Waals surface area contributed by atoms with Gasteiger partial charge in [-0.2, -0.15) is 0 Å². The maximum atomic E-state index is 5.96. The molecule has 4 nitrogen and oxygen atoms in total. The molecular formula is C16H29N3O. The number of hydrogen-bond acceptors (Lipinski definition) is 4. The molecule has 114 valence electrons. The van der Waals surface area contributed by atoms with Crippen LogP contribution in [0.2, 0.25) is 0 Å². The number of nitrogens with zero attached hydrogens (tertiary/aromatic N) is 2. The summed E-state index contributed by atoms with van der Waals surface area (Å²) >= 11 is 0. The average molecular weight is 279 g/mol. The van der Waals surface area contributed by atoms with E-state index in [0.29, 0.717) is 6.04 Å². The van der Waals surface area contributed by atoms with Gasteiger partial charge in [0, 0.05) is 42.7 Å². The van der Waals surface area contributed by atoms with Gasteiger partial charge in [-0.1, -0.05) is 27.7 Å². The first kappa shape index (κ1) is 16.9. The summed E-state index contributed by atoms with van der Waals surface area (Å²) in [5.41, 5.74) is 2.12. The molecule has 0 radical (unpaired) electrons. The van der Waals surface area contributed by atoms with E-state index in [9.17, 15) is 0 Å². The van der Waals surface area contributed by atoms with Crippen LogP contribution in [-0.4, -0.2) is 42.2 Å². The van der Waals surface area contributed by atoms with Gasteiger partial charge in [0.05, 0.1) is 0 Å². The Morgan fingerprint density at radius 3 is 2.60 bits per heavy atom. The second-order valence-electron chi connectivity index (χ2n) is 5.34. The maximum absolute atomic E-state index is 5.96. The molecule has 0 spiro atoms.